The Balaban J connectivity index is 1.58. The van der Waals surface area contributed by atoms with Crippen molar-refractivity contribution >= 4 is 11.6 Å². The Labute approximate surface area is 236 Å². The minimum Gasteiger partial charge on any atom is -0.508 e. The fraction of sp³-hybridized carbons (Fsp3) is 0.133. The van der Waals surface area contributed by atoms with Crippen LogP contribution in [-0.2, 0) is 0 Å². The number of benzene rings is 4. The van der Waals surface area contributed by atoms with Crippen molar-refractivity contribution in [1.82, 2.24) is 0 Å². The largest absolute Gasteiger partial charge is 0.508 e. The molecule has 0 amide bonds. The van der Waals surface area contributed by atoms with Gasteiger partial charge in [-0.05, 0) is 35.4 Å². The molecule has 2 aliphatic heterocycles. The predicted molar refractivity (Wildman–Crippen MR) is 142 cm³/mol. The summed E-state index contributed by atoms with van der Waals surface area (Å²) in [5.74, 6) is -7.83. The van der Waals surface area contributed by atoms with E-state index >= 15 is 0 Å². The van der Waals surface area contributed by atoms with Crippen molar-refractivity contribution in [3.05, 3.63) is 82.4 Å². The average Bonchev–Trinajstić information content (AvgIpc) is 2.91. The molecule has 6 rings (SSSR count). The lowest BCUT2D eigenvalue weighted by Crippen LogP contribution is -2.32. The fourth-order valence-electron chi connectivity index (χ4n) is 5.41. The first kappa shape index (κ1) is 26.4. The molecule has 2 heterocycles. The molecule has 0 spiro atoms. The first-order valence-corrected chi connectivity index (χ1v) is 12.5. The Bertz CT molecular complexity index is 1810. The van der Waals surface area contributed by atoms with E-state index in [2.05, 4.69) is 0 Å². The number of phenols is 8. The van der Waals surface area contributed by atoms with Crippen LogP contribution in [0.15, 0.2) is 54.6 Å². The van der Waals surface area contributed by atoms with Gasteiger partial charge in [-0.2, -0.15) is 0 Å². The minimum atomic E-state index is -1.56. The van der Waals surface area contributed by atoms with Crippen molar-refractivity contribution in [2.24, 2.45) is 0 Å². The molecular weight excluding hydrogens is 552 g/mol. The van der Waals surface area contributed by atoms with Crippen molar-refractivity contribution < 1.29 is 59.9 Å². The third kappa shape index (κ3) is 4.08. The molecule has 8 N–H and O–H groups in total. The molecule has 12 heteroatoms. The van der Waals surface area contributed by atoms with Gasteiger partial charge in [0, 0.05) is 18.2 Å². The van der Waals surface area contributed by atoms with Crippen molar-refractivity contribution in [2.45, 2.75) is 24.5 Å². The molecule has 42 heavy (non-hydrogen) atoms. The lowest BCUT2D eigenvalue weighted by molar-refractivity contribution is 0.0738. The van der Waals surface area contributed by atoms with Crippen LogP contribution < -0.4 is 9.47 Å². The van der Waals surface area contributed by atoms with Gasteiger partial charge in [-0.1, -0.05) is 12.1 Å². The third-order valence-corrected chi connectivity index (χ3v) is 7.35. The summed E-state index contributed by atoms with van der Waals surface area (Å²) in [6.45, 7) is 0. The Morgan fingerprint density at radius 3 is 1.88 bits per heavy atom. The highest BCUT2D eigenvalue weighted by Crippen LogP contribution is 2.55. The SMILES string of the molecule is O=C1CC(c2ccc(O)c(O)c2)Oc2c1c(O)cc(O)c2C1C(=O)c2c(O)cc(O)cc2OC1c1ccc(O)c(O)c1. The quantitative estimate of drug-likeness (QED) is 0.162. The predicted octanol–water partition coefficient (Wildman–Crippen LogP) is 4.14. The van der Waals surface area contributed by atoms with Crippen LogP contribution in [-0.4, -0.2) is 52.4 Å². The molecular formula is C30H22O12. The molecule has 0 saturated carbocycles. The maximum atomic E-state index is 14.1. The van der Waals surface area contributed by atoms with Crippen LogP contribution in [0.1, 0.15) is 62.0 Å². The fourth-order valence-corrected chi connectivity index (χ4v) is 5.41. The minimum absolute atomic E-state index is 0.125. The second kappa shape index (κ2) is 9.41. The number of ketones is 2. The number of hydrogen-bond donors (Lipinski definition) is 8. The number of aromatic hydroxyl groups is 8. The van der Waals surface area contributed by atoms with Gasteiger partial charge >= 0.3 is 0 Å². The summed E-state index contributed by atoms with van der Waals surface area (Å²) in [4.78, 5) is 27.4. The molecule has 0 radical (unpaired) electrons. The molecule has 0 aliphatic carbocycles. The summed E-state index contributed by atoms with van der Waals surface area (Å²) in [7, 11) is 0. The van der Waals surface area contributed by atoms with Crippen LogP contribution in [0, 0.1) is 0 Å². The Hall–Kier alpha value is -5.78. The van der Waals surface area contributed by atoms with Crippen LogP contribution in [0.25, 0.3) is 0 Å². The highest BCUT2D eigenvalue weighted by atomic mass is 16.5. The van der Waals surface area contributed by atoms with E-state index in [4.69, 9.17) is 9.47 Å². The first-order valence-electron chi connectivity index (χ1n) is 12.5. The van der Waals surface area contributed by atoms with Gasteiger partial charge < -0.3 is 50.3 Å². The normalized spacial score (nSPS) is 19.4. The van der Waals surface area contributed by atoms with Crippen molar-refractivity contribution in [3.63, 3.8) is 0 Å². The molecule has 0 bridgehead atoms. The smallest absolute Gasteiger partial charge is 0.182 e. The molecule has 0 fully saturated rings. The van der Waals surface area contributed by atoms with E-state index in [9.17, 15) is 50.4 Å². The molecule has 3 atom stereocenters. The number of Topliss-reactive ketones (excluding diaryl/α,β-unsaturated/α-hetero) is 2. The number of phenolic OH excluding ortho intramolecular Hbond substituents is 8. The van der Waals surface area contributed by atoms with E-state index in [0.717, 1.165) is 30.3 Å². The number of carbonyl (C=O) groups is 2. The summed E-state index contributed by atoms with van der Waals surface area (Å²) in [5, 5.41) is 82.2. The van der Waals surface area contributed by atoms with Gasteiger partial charge in [0.05, 0.1) is 17.9 Å². The van der Waals surface area contributed by atoms with Gasteiger partial charge in [-0.3, -0.25) is 9.59 Å². The second-order valence-corrected chi connectivity index (χ2v) is 9.98. The van der Waals surface area contributed by atoms with E-state index in [1.165, 1.54) is 24.3 Å². The Morgan fingerprint density at radius 1 is 0.595 bits per heavy atom. The number of fused-ring (bicyclic) bond motifs is 2. The molecule has 0 aromatic heterocycles. The molecule has 0 saturated heterocycles. The summed E-state index contributed by atoms with van der Waals surface area (Å²) < 4.78 is 12.2. The topological polar surface area (TPSA) is 214 Å². The second-order valence-electron chi connectivity index (χ2n) is 9.98. The third-order valence-electron chi connectivity index (χ3n) is 7.35. The monoisotopic (exact) mass is 574 g/mol. The van der Waals surface area contributed by atoms with Crippen LogP contribution in [0.5, 0.6) is 57.5 Å². The Morgan fingerprint density at radius 2 is 1.21 bits per heavy atom. The summed E-state index contributed by atoms with van der Waals surface area (Å²) in [5.41, 5.74) is -0.573. The van der Waals surface area contributed by atoms with Gasteiger partial charge in [0.2, 0.25) is 0 Å². The standard InChI is InChI=1S/C30H22O12/c31-13-7-18(36)25-23(8-13)42-29(12-2-4-15(33)17(35)6-12)27(28(25)40)26-20(38)9-19(37)24-21(39)10-22(41-30(24)26)11-1-3-14(32)16(34)5-11/h1-9,22,27,29,31-38H,10H2. The van der Waals surface area contributed by atoms with Gasteiger partial charge in [-0.25, -0.2) is 0 Å². The average molecular weight is 574 g/mol. The molecule has 3 unspecified atom stereocenters. The van der Waals surface area contributed by atoms with Crippen LogP contribution >= 0.6 is 0 Å². The highest BCUT2D eigenvalue weighted by molar-refractivity contribution is 6.09. The zero-order chi connectivity index (χ0) is 30.0. The van der Waals surface area contributed by atoms with Crippen LogP contribution in [0.4, 0.5) is 0 Å². The number of carbonyl (C=O) groups excluding carboxylic acids is 2. The lowest BCUT2D eigenvalue weighted by atomic mass is 9.78. The summed E-state index contributed by atoms with van der Waals surface area (Å²) >= 11 is 0. The molecule has 4 aromatic carbocycles. The van der Waals surface area contributed by atoms with Crippen molar-refractivity contribution in [2.75, 3.05) is 0 Å². The Kier molecular flexibility index (Phi) is 5.92. The van der Waals surface area contributed by atoms with E-state index in [0.29, 0.717) is 0 Å². The maximum Gasteiger partial charge on any atom is 0.182 e. The van der Waals surface area contributed by atoms with Crippen LogP contribution in [0.2, 0.25) is 0 Å². The molecule has 214 valence electrons. The highest BCUT2D eigenvalue weighted by Gasteiger charge is 2.46. The molecule has 2 aliphatic rings. The zero-order valence-corrected chi connectivity index (χ0v) is 21.3. The van der Waals surface area contributed by atoms with Gasteiger partial charge in [-0.15, -0.1) is 0 Å². The number of hydrogen-bond acceptors (Lipinski definition) is 12. The maximum absolute atomic E-state index is 14.1. The zero-order valence-electron chi connectivity index (χ0n) is 21.3. The van der Waals surface area contributed by atoms with Crippen LogP contribution in [0.3, 0.4) is 0 Å². The number of rotatable bonds is 3. The van der Waals surface area contributed by atoms with Gasteiger partial charge in [0.25, 0.3) is 0 Å². The van der Waals surface area contributed by atoms with Gasteiger partial charge in [0.1, 0.15) is 57.8 Å². The van der Waals surface area contributed by atoms with E-state index in [1.807, 2.05) is 0 Å². The molecule has 4 aromatic rings. The van der Waals surface area contributed by atoms with E-state index in [-0.39, 0.29) is 45.7 Å². The molecule has 12 nitrogen and oxygen atoms in total. The number of ether oxygens (including phenoxy) is 2. The first-order chi connectivity index (χ1) is 19.9. The summed E-state index contributed by atoms with van der Waals surface area (Å²) in [6.07, 6.45) is -2.76. The summed E-state index contributed by atoms with van der Waals surface area (Å²) in [6, 6.07) is 10.3. The van der Waals surface area contributed by atoms with Crippen molar-refractivity contribution in [3.8, 4) is 57.5 Å². The lowest BCUT2D eigenvalue weighted by Gasteiger charge is -2.36. The van der Waals surface area contributed by atoms with Gasteiger partial charge in [0.15, 0.2) is 34.6 Å². The van der Waals surface area contributed by atoms with Crippen molar-refractivity contribution in [1.29, 1.82) is 0 Å². The van der Waals surface area contributed by atoms with E-state index < -0.39 is 75.7 Å². The van der Waals surface area contributed by atoms with E-state index in [1.54, 1.807) is 0 Å².